The highest BCUT2D eigenvalue weighted by molar-refractivity contribution is 9.10. The van der Waals surface area contributed by atoms with Gasteiger partial charge in [0.2, 0.25) is 0 Å². The van der Waals surface area contributed by atoms with Gasteiger partial charge in [0.15, 0.2) is 0 Å². The summed E-state index contributed by atoms with van der Waals surface area (Å²) in [5, 5.41) is 11.5. The summed E-state index contributed by atoms with van der Waals surface area (Å²) < 4.78 is 0.746. The Kier molecular flexibility index (Phi) is 3.44. The number of fused-ring (bicyclic) bond motifs is 1. The minimum absolute atomic E-state index is 0.203. The maximum absolute atomic E-state index is 9.79. The highest BCUT2D eigenvalue weighted by Gasteiger charge is 2.06. The highest BCUT2D eigenvalue weighted by Crippen LogP contribution is 2.34. The Labute approximate surface area is 123 Å². The fourth-order valence-electron chi connectivity index (χ4n) is 1.86. The monoisotopic (exact) mass is 331 g/mol. The molecule has 0 saturated heterocycles. The molecule has 0 unspecified atom stereocenters. The Morgan fingerprint density at radius 3 is 2.53 bits per heavy atom. The van der Waals surface area contributed by atoms with Crippen molar-refractivity contribution in [3.8, 4) is 5.75 Å². The van der Waals surface area contributed by atoms with E-state index >= 15 is 0 Å². The lowest BCUT2D eigenvalue weighted by atomic mass is 10.2. The Hall–Kier alpha value is -1.52. The van der Waals surface area contributed by atoms with E-state index in [2.05, 4.69) is 33.0 Å². The predicted octanol–water partition coefficient (Wildman–Crippen LogP) is 4.85. The second-order valence-corrected chi connectivity index (χ2v) is 5.95. The highest BCUT2D eigenvalue weighted by atomic mass is 79.9. The molecule has 2 nitrogen and oxygen atoms in total. The van der Waals surface area contributed by atoms with Gasteiger partial charge in [0.1, 0.15) is 10.4 Å². The van der Waals surface area contributed by atoms with E-state index in [-0.39, 0.29) is 5.75 Å². The molecule has 0 aliphatic heterocycles. The Morgan fingerprint density at radius 1 is 0.947 bits per heavy atom. The van der Waals surface area contributed by atoms with E-state index in [1.165, 1.54) is 11.1 Å². The molecule has 19 heavy (non-hydrogen) atoms. The standard InChI is InChI=1S/C15H10BrNOS/c16-15-13-8-11(19-10-4-2-1-3-5-10)6-7-12(13)14(18)9-17-15/h1-9,18H. The van der Waals surface area contributed by atoms with Crippen molar-refractivity contribution in [3.05, 3.63) is 59.3 Å². The normalized spacial score (nSPS) is 10.8. The third kappa shape index (κ3) is 2.60. The van der Waals surface area contributed by atoms with E-state index < -0.39 is 0 Å². The van der Waals surface area contributed by atoms with Gasteiger partial charge in [-0.05, 0) is 46.3 Å². The lowest BCUT2D eigenvalue weighted by Crippen LogP contribution is -1.82. The van der Waals surface area contributed by atoms with Gasteiger partial charge in [-0.25, -0.2) is 4.98 Å². The van der Waals surface area contributed by atoms with Crippen LogP contribution in [0.2, 0.25) is 0 Å². The summed E-state index contributed by atoms with van der Waals surface area (Å²) in [5.41, 5.74) is 0. The molecule has 0 atom stereocenters. The van der Waals surface area contributed by atoms with Gasteiger partial charge in [-0.2, -0.15) is 0 Å². The van der Waals surface area contributed by atoms with Crippen LogP contribution in [-0.2, 0) is 0 Å². The number of benzene rings is 2. The maximum Gasteiger partial charge on any atom is 0.141 e. The topological polar surface area (TPSA) is 33.1 Å². The van der Waals surface area contributed by atoms with Gasteiger partial charge in [0, 0.05) is 20.6 Å². The van der Waals surface area contributed by atoms with Crippen LogP contribution in [0.3, 0.4) is 0 Å². The summed E-state index contributed by atoms with van der Waals surface area (Å²) in [6.07, 6.45) is 1.45. The van der Waals surface area contributed by atoms with Crippen LogP contribution < -0.4 is 0 Å². The fraction of sp³-hybridized carbons (Fsp3) is 0. The molecule has 94 valence electrons. The smallest absolute Gasteiger partial charge is 0.141 e. The van der Waals surface area contributed by atoms with Crippen LogP contribution in [-0.4, -0.2) is 10.1 Å². The molecular formula is C15H10BrNOS. The second-order valence-electron chi connectivity index (χ2n) is 4.06. The van der Waals surface area contributed by atoms with E-state index in [9.17, 15) is 5.11 Å². The molecule has 0 aliphatic rings. The van der Waals surface area contributed by atoms with Crippen molar-refractivity contribution in [2.24, 2.45) is 0 Å². The molecule has 1 N–H and O–H groups in total. The van der Waals surface area contributed by atoms with Crippen LogP contribution in [0.5, 0.6) is 5.75 Å². The Bertz CT molecular complexity index is 731. The van der Waals surface area contributed by atoms with E-state index in [4.69, 9.17) is 0 Å². The van der Waals surface area contributed by atoms with Gasteiger partial charge in [0.25, 0.3) is 0 Å². The summed E-state index contributed by atoms with van der Waals surface area (Å²) in [7, 11) is 0. The lowest BCUT2D eigenvalue weighted by molar-refractivity contribution is 0.479. The van der Waals surface area contributed by atoms with E-state index in [0.29, 0.717) is 0 Å². The number of halogens is 1. The van der Waals surface area contributed by atoms with Crippen molar-refractivity contribution < 1.29 is 5.11 Å². The predicted molar refractivity (Wildman–Crippen MR) is 81.7 cm³/mol. The Morgan fingerprint density at radius 2 is 1.74 bits per heavy atom. The van der Waals surface area contributed by atoms with E-state index in [1.54, 1.807) is 11.8 Å². The van der Waals surface area contributed by atoms with Crippen molar-refractivity contribution in [3.63, 3.8) is 0 Å². The molecular weight excluding hydrogens is 322 g/mol. The molecule has 1 aromatic heterocycles. The zero-order valence-corrected chi connectivity index (χ0v) is 12.3. The van der Waals surface area contributed by atoms with Gasteiger partial charge < -0.3 is 5.11 Å². The first-order valence-electron chi connectivity index (χ1n) is 5.74. The number of hydrogen-bond donors (Lipinski definition) is 1. The Balaban J connectivity index is 2.05. The second kappa shape index (κ2) is 5.23. The molecule has 0 bridgehead atoms. The summed E-state index contributed by atoms with van der Waals surface area (Å²) >= 11 is 5.11. The van der Waals surface area contributed by atoms with Crippen LogP contribution in [0.25, 0.3) is 10.8 Å². The zero-order valence-electron chi connectivity index (χ0n) is 9.88. The van der Waals surface area contributed by atoms with Crippen LogP contribution >= 0.6 is 27.7 Å². The number of hydrogen-bond acceptors (Lipinski definition) is 3. The first-order chi connectivity index (χ1) is 9.24. The fourth-order valence-corrected chi connectivity index (χ4v) is 3.17. The first kappa shape index (κ1) is 12.5. The van der Waals surface area contributed by atoms with Crippen LogP contribution in [0.1, 0.15) is 0 Å². The van der Waals surface area contributed by atoms with Crippen molar-refractivity contribution in [2.75, 3.05) is 0 Å². The van der Waals surface area contributed by atoms with Gasteiger partial charge in [0.05, 0.1) is 6.20 Å². The molecule has 0 amide bonds. The summed E-state index contributed by atoms with van der Waals surface area (Å²) in [4.78, 5) is 6.42. The number of aromatic hydroxyl groups is 1. The SMILES string of the molecule is Oc1cnc(Br)c2cc(Sc3ccccc3)ccc12. The van der Waals surface area contributed by atoms with Gasteiger partial charge in [-0.3, -0.25) is 0 Å². The van der Waals surface area contributed by atoms with Gasteiger partial charge >= 0.3 is 0 Å². The minimum atomic E-state index is 0.203. The van der Waals surface area contributed by atoms with Crippen LogP contribution in [0, 0.1) is 0 Å². The molecule has 3 aromatic rings. The average Bonchev–Trinajstić information content (AvgIpc) is 2.44. The summed E-state index contributed by atoms with van der Waals surface area (Å²) in [6, 6.07) is 16.1. The number of nitrogens with zero attached hydrogens (tertiary/aromatic N) is 1. The number of rotatable bonds is 2. The molecule has 2 aromatic carbocycles. The van der Waals surface area contributed by atoms with Gasteiger partial charge in [-0.15, -0.1) is 0 Å². The zero-order chi connectivity index (χ0) is 13.2. The minimum Gasteiger partial charge on any atom is -0.506 e. The first-order valence-corrected chi connectivity index (χ1v) is 7.35. The molecule has 0 saturated carbocycles. The van der Waals surface area contributed by atoms with Gasteiger partial charge in [-0.1, -0.05) is 30.0 Å². The molecule has 0 radical (unpaired) electrons. The molecule has 0 aliphatic carbocycles. The largest absolute Gasteiger partial charge is 0.506 e. The third-order valence-electron chi connectivity index (χ3n) is 2.77. The van der Waals surface area contributed by atoms with E-state index in [1.807, 2.05) is 36.4 Å². The average molecular weight is 332 g/mol. The molecule has 4 heteroatoms. The lowest BCUT2D eigenvalue weighted by Gasteiger charge is -2.06. The maximum atomic E-state index is 9.79. The molecule has 3 rings (SSSR count). The van der Waals surface area contributed by atoms with Crippen molar-refractivity contribution in [1.82, 2.24) is 4.98 Å². The van der Waals surface area contributed by atoms with Crippen molar-refractivity contribution in [1.29, 1.82) is 0 Å². The quantitative estimate of drug-likeness (QED) is 0.681. The van der Waals surface area contributed by atoms with Crippen LogP contribution in [0.15, 0.2) is 69.1 Å². The molecule has 1 heterocycles. The summed E-state index contributed by atoms with van der Waals surface area (Å²) in [5.74, 6) is 0.203. The van der Waals surface area contributed by atoms with E-state index in [0.717, 1.165) is 20.3 Å². The summed E-state index contributed by atoms with van der Waals surface area (Å²) in [6.45, 7) is 0. The number of aromatic nitrogens is 1. The van der Waals surface area contributed by atoms with Crippen molar-refractivity contribution in [2.45, 2.75) is 9.79 Å². The number of pyridine rings is 1. The molecule has 0 spiro atoms. The van der Waals surface area contributed by atoms with Crippen molar-refractivity contribution >= 4 is 38.5 Å². The van der Waals surface area contributed by atoms with Crippen LogP contribution in [0.4, 0.5) is 0 Å². The molecule has 0 fully saturated rings. The third-order valence-corrected chi connectivity index (χ3v) is 4.40.